The SMILES string of the molecule is N#Cc1cccc(Nc2cc(C(=O)N3CCN(Cc4ccccc4)CC3)ccn2)c1. The van der Waals surface area contributed by atoms with Crippen molar-refractivity contribution in [3.63, 3.8) is 0 Å². The first-order valence-corrected chi connectivity index (χ1v) is 10.00. The summed E-state index contributed by atoms with van der Waals surface area (Å²) in [5.41, 5.74) is 3.24. The highest BCUT2D eigenvalue weighted by Gasteiger charge is 2.22. The standard InChI is InChI=1S/C24H23N5O/c25-17-20-7-4-8-22(15-20)27-23-16-21(9-10-26-23)24(30)29-13-11-28(12-14-29)18-19-5-2-1-3-6-19/h1-10,15-16H,11-14,18H2,(H,26,27). The molecule has 2 heterocycles. The Hall–Kier alpha value is -3.69. The maximum atomic E-state index is 13.0. The van der Waals surface area contributed by atoms with Gasteiger partial charge in [-0.2, -0.15) is 5.26 Å². The minimum atomic E-state index is 0.0191. The van der Waals surface area contributed by atoms with Crippen molar-refractivity contribution in [3.8, 4) is 6.07 Å². The number of carbonyl (C=O) groups is 1. The smallest absolute Gasteiger partial charge is 0.254 e. The maximum absolute atomic E-state index is 13.0. The molecule has 1 aliphatic heterocycles. The minimum Gasteiger partial charge on any atom is -0.340 e. The second kappa shape index (κ2) is 9.21. The first-order valence-electron chi connectivity index (χ1n) is 10.00. The summed E-state index contributed by atoms with van der Waals surface area (Å²) in [6.45, 7) is 4.05. The second-order valence-corrected chi connectivity index (χ2v) is 7.30. The van der Waals surface area contributed by atoms with Gasteiger partial charge < -0.3 is 10.2 Å². The van der Waals surface area contributed by atoms with Crippen molar-refractivity contribution in [2.24, 2.45) is 0 Å². The van der Waals surface area contributed by atoms with Crippen LogP contribution in [0.25, 0.3) is 0 Å². The first kappa shape index (κ1) is 19.6. The summed E-state index contributed by atoms with van der Waals surface area (Å²) in [5, 5.41) is 12.2. The van der Waals surface area contributed by atoms with Gasteiger partial charge in [0.1, 0.15) is 5.82 Å². The summed E-state index contributed by atoms with van der Waals surface area (Å²) in [6.07, 6.45) is 1.63. The van der Waals surface area contributed by atoms with E-state index in [1.165, 1.54) is 5.56 Å². The van der Waals surface area contributed by atoms with Gasteiger partial charge in [-0.25, -0.2) is 4.98 Å². The van der Waals surface area contributed by atoms with E-state index in [-0.39, 0.29) is 5.91 Å². The highest BCUT2D eigenvalue weighted by molar-refractivity contribution is 5.95. The lowest BCUT2D eigenvalue weighted by Crippen LogP contribution is -2.48. The number of hydrogen-bond donors (Lipinski definition) is 1. The molecule has 1 N–H and O–H groups in total. The molecule has 1 saturated heterocycles. The molecular weight excluding hydrogens is 374 g/mol. The van der Waals surface area contributed by atoms with E-state index in [9.17, 15) is 4.79 Å². The van der Waals surface area contributed by atoms with Crippen molar-refractivity contribution < 1.29 is 4.79 Å². The van der Waals surface area contributed by atoms with E-state index >= 15 is 0 Å². The molecule has 0 bridgehead atoms. The average molecular weight is 397 g/mol. The number of benzene rings is 2. The van der Waals surface area contributed by atoms with Crippen molar-refractivity contribution in [2.75, 3.05) is 31.5 Å². The maximum Gasteiger partial charge on any atom is 0.254 e. The molecule has 0 radical (unpaired) electrons. The summed E-state index contributed by atoms with van der Waals surface area (Å²) in [4.78, 5) is 21.6. The fraction of sp³-hybridized carbons (Fsp3) is 0.208. The molecule has 150 valence electrons. The van der Waals surface area contributed by atoms with E-state index in [2.05, 4.69) is 45.5 Å². The molecule has 1 aromatic heterocycles. The molecule has 0 unspecified atom stereocenters. The summed E-state index contributed by atoms with van der Waals surface area (Å²) < 4.78 is 0. The monoisotopic (exact) mass is 397 g/mol. The number of nitriles is 1. The fourth-order valence-electron chi connectivity index (χ4n) is 3.58. The Morgan fingerprint density at radius 3 is 2.57 bits per heavy atom. The third-order valence-electron chi connectivity index (χ3n) is 5.18. The van der Waals surface area contributed by atoms with Crippen molar-refractivity contribution in [1.29, 1.82) is 5.26 Å². The van der Waals surface area contributed by atoms with E-state index in [0.29, 0.717) is 30.0 Å². The van der Waals surface area contributed by atoms with Crippen molar-refractivity contribution >= 4 is 17.4 Å². The van der Waals surface area contributed by atoms with Crippen LogP contribution in [-0.2, 0) is 6.54 Å². The Labute approximate surface area is 176 Å². The van der Waals surface area contributed by atoms with Gasteiger partial charge in [0, 0.05) is 50.2 Å². The number of carbonyl (C=O) groups excluding carboxylic acids is 1. The van der Waals surface area contributed by atoms with Crippen LogP contribution >= 0.6 is 0 Å². The summed E-state index contributed by atoms with van der Waals surface area (Å²) in [5.74, 6) is 0.601. The second-order valence-electron chi connectivity index (χ2n) is 7.30. The number of rotatable bonds is 5. The van der Waals surface area contributed by atoms with Crippen LogP contribution in [0.2, 0.25) is 0 Å². The zero-order chi connectivity index (χ0) is 20.8. The molecule has 1 fully saturated rings. The molecule has 6 heteroatoms. The number of nitrogens with one attached hydrogen (secondary N) is 1. The van der Waals surface area contributed by atoms with Gasteiger partial charge >= 0.3 is 0 Å². The molecule has 0 aliphatic carbocycles. The first-order chi connectivity index (χ1) is 14.7. The van der Waals surface area contributed by atoms with Gasteiger partial charge in [-0.3, -0.25) is 9.69 Å². The zero-order valence-corrected chi connectivity index (χ0v) is 16.7. The van der Waals surface area contributed by atoms with Crippen LogP contribution in [0.4, 0.5) is 11.5 Å². The molecule has 0 atom stereocenters. The van der Waals surface area contributed by atoms with Gasteiger partial charge in [0.2, 0.25) is 0 Å². The van der Waals surface area contributed by atoms with Crippen molar-refractivity contribution in [1.82, 2.24) is 14.8 Å². The predicted molar refractivity (Wildman–Crippen MR) is 116 cm³/mol. The van der Waals surface area contributed by atoms with Gasteiger partial charge in [-0.15, -0.1) is 0 Å². The lowest BCUT2D eigenvalue weighted by molar-refractivity contribution is 0.0628. The van der Waals surface area contributed by atoms with E-state index in [1.807, 2.05) is 23.1 Å². The largest absolute Gasteiger partial charge is 0.340 e. The van der Waals surface area contributed by atoms with E-state index < -0.39 is 0 Å². The Morgan fingerprint density at radius 2 is 1.80 bits per heavy atom. The zero-order valence-electron chi connectivity index (χ0n) is 16.7. The van der Waals surface area contributed by atoms with Crippen LogP contribution in [0.15, 0.2) is 72.9 Å². The topological polar surface area (TPSA) is 72.3 Å². The highest BCUT2D eigenvalue weighted by Crippen LogP contribution is 2.18. The van der Waals surface area contributed by atoms with E-state index in [0.717, 1.165) is 25.3 Å². The highest BCUT2D eigenvalue weighted by atomic mass is 16.2. The molecule has 1 aliphatic rings. The van der Waals surface area contributed by atoms with Gasteiger partial charge in [0.05, 0.1) is 11.6 Å². The summed E-state index contributed by atoms with van der Waals surface area (Å²) in [6, 6.07) is 23.2. The Bertz CT molecular complexity index is 1050. The molecule has 0 spiro atoms. The molecule has 0 saturated carbocycles. The van der Waals surface area contributed by atoms with Gasteiger partial charge in [-0.1, -0.05) is 36.4 Å². The third-order valence-corrected chi connectivity index (χ3v) is 5.18. The molecule has 6 nitrogen and oxygen atoms in total. The number of pyridine rings is 1. The Kier molecular flexibility index (Phi) is 6.02. The van der Waals surface area contributed by atoms with Gasteiger partial charge in [0.25, 0.3) is 5.91 Å². The molecular formula is C24H23N5O. The summed E-state index contributed by atoms with van der Waals surface area (Å²) >= 11 is 0. The van der Waals surface area contributed by atoms with Gasteiger partial charge in [0.15, 0.2) is 0 Å². The lowest BCUT2D eigenvalue weighted by Gasteiger charge is -2.34. The van der Waals surface area contributed by atoms with Crippen molar-refractivity contribution in [3.05, 3.63) is 89.6 Å². The number of piperazine rings is 1. The number of nitrogens with zero attached hydrogens (tertiary/aromatic N) is 4. The van der Waals surface area contributed by atoms with Crippen LogP contribution in [0, 0.1) is 11.3 Å². The minimum absolute atomic E-state index is 0.0191. The third kappa shape index (κ3) is 4.83. The van der Waals surface area contributed by atoms with Crippen LogP contribution in [-0.4, -0.2) is 46.9 Å². The van der Waals surface area contributed by atoms with Crippen molar-refractivity contribution in [2.45, 2.75) is 6.54 Å². The number of anilines is 2. The van der Waals surface area contributed by atoms with Gasteiger partial charge in [-0.05, 0) is 35.9 Å². The summed E-state index contributed by atoms with van der Waals surface area (Å²) in [7, 11) is 0. The Balaban J connectivity index is 1.37. The van der Waals surface area contributed by atoms with Crippen LogP contribution < -0.4 is 5.32 Å². The normalized spacial score (nSPS) is 14.2. The number of hydrogen-bond acceptors (Lipinski definition) is 5. The Morgan fingerprint density at radius 1 is 1.00 bits per heavy atom. The number of amides is 1. The van der Waals surface area contributed by atoms with Crippen LogP contribution in [0.1, 0.15) is 21.5 Å². The van der Waals surface area contributed by atoms with E-state index in [4.69, 9.17) is 5.26 Å². The quantitative estimate of drug-likeness (QED) is 0.711. The molecule has 1 amide bonds. The predicted octanol–water partition coefficient (Wildman–Crippen LogP) is 3.65. The molecule has 30 heavy (non-hydrogen) atoms. The van der Waals surface area contributed by atoms with Crippen LogP contribution in [0.3, 0.4) is 0 Å². The van der Waals surface area contributed by atoms with E-state index in [1.54, 1.807) is 30.5 Å². The van der Waals surface area contributed by atoms with Crippen LogP contribution in [0.5, 0.6) is 0 Å². The lowest BCUT2D eigenvalue weighted by atomic mass is 10.1. The molecule has 2 aromatic carbocycles. The number of aromatic nitrogens is 1. The fourth-order valence-corrected chi connectivity index (χ4v) is 3.58. The molecule has 3 aromatic rings. The molecule has 4 rings (SSSR count). The average Bonchev–Trinajstić information content (AvgIpc) is 2.80.